The summed E-state index contributed by atoms with van der Waals surface area (Å²) in [4.78, 5) is 44.8. The third-order valence-electron chi connectivity index (χ3n) is 4.13. The van der Waals surface area contributed by atoms with Gasteiger partial charge >= 0.3 is 0 Å². The molecule has 0 atom stereocenters. The van der Waals surface area contributed by atoms with Crippen molar-refractivity contribution >= 4 is 35.1 Å². The van der Waals surface area contributed by atoms with Crippen molar-refractivity contribution < 1.29 is 19.4 Å². The van der Waals surface area contributed by atoms with E-state index in [1.165, 1.54) is 36.4 Å². The van der Waals surface area contributed by atoms with Crippen molar-refractivity contribution in [3.63, 3.8) is 0 Å². The molecule has 0 aliphatic carbocycles. The number of hydrogen-bond acceptors (Lipinski definition) is 6. The minimum Gasteiger partial charge on any atom is -0.294 e. The SMILES string of the molecule is Cc1ccc(/C=C/C(=O)CC(=O)/C=C/c2ccc(C)c([N+](=O)[O-])c2)cc1[N+](=O)[O-]. The molecule has 29 heavy (non-hydrogen) atoms. The Bertz CT molecular complexity index is 970. The van der Waals surface area contributed by atoms with Crippen LogP contribution in [0.1, 0.15) is 28.7 Å². The average molecular weight is 394 g/mol. The van der Waals surface area contributed by atoms with E-state index in [4.69, 9.17) is 0 Å². The molecule has 2 rings (SSSR count). The molecule has 0 fully saturated rings. The number of carbonyl (C=O) groups is 2. The fourth-order valence-electron chi connectivity index (χ4n) is 2.52. The molecule has 0 spiro atoms. The second kappa shape index (κ2) is 9.32. The normalized spacial score (nSPS) is 11.1. The molecule has 0 heterocycles. The topological polar surface area (TPSA) is 120 Å². The third kappa shape index (κ3) is 6.03. The van der Waals surface area contributed by atoms with E-state index < -0.39 is 21.4 Å². The molecule has 8 nitrogen and oxygen atoms in total. The Kier molecular flexibility index (Phi) is 6.86. The Morgan fingerprint density at radius 1 is 0.793 bits per heavy atom. The van der Waals surface area contributed by atoms with E-state index >= 15 is 0 Å². The highest BCUT2D eigenvalue weighted by molar-refractivity contribution is 6.10. The van der Waals surface area contributed by atoms with Crippen LogP contribution in [0.4, 0.5) is 11.4 Å². The van der Waals surface area contributed by atoms with Gasteiger partial charge in [-0.15, -0.1) is 0 Å². The van der Waals surface area contributed by atoms with E-state index in [-0.39, 0.29) is 17.8 Å². The Morgan fingerprint density at radius 3 is 1.52 bits per heavy atom. The van der Waals surface area contributed by atoms with Gasteiger partial charge in [-0.3, -0.25) is 29.8 Å². The number of hydrogen-bond donors (Lipinski definition) is 0. The average Bonchev–Trinajstić information content (AvgIpc) is 2.66. The predicted molar refractivity (Wildman–Crippen MR) is 108 cm³/mol. The summed E-state index contributed by atoms with van der Waals surface area (Å²) >= 11 is 0. The Labute approximate surface area is 166 Å². The summed E-state index contributed by atoms with van der Waals surface area (Å²) in [7, 11) is 0. The summed E-state index contributed by atoms with van der Waals surface area (Å²) in [5.74, 6) is -0.921. The van der Waals surface area contributed by atoms with Crippen LogP contribution < -0.4 is 0 Å². The van der Waals surface area contributed by atoms with Gasteiger partial charge < -0.3 is 0 Å². The summed E-state index contributed by atoms with van der Waals surface area (Å²) < 4.78 is 0. The van der Waals surface area contributed by atoms with Gasteiger partial charge in [0.2, 0.25) is 0 Å². The van der Waals surface area contributed by atoms with Crippen molar-refractivity contribution in [3.05, 3.63) is 91.0 Å². The molecule has 0 aliphatic heterocycles. The highest BCUT2D eigenvalue weighted by Crippen LogP contribution is 2.21. The van der Waals surface area contributed by atoms with Crippen LogP contribution in [0.5, 0.6) is 0 Å². The van der Waals surface area contributed by atoms with Crippen LogP contribution in [0, 0.1) is 34.1 Å². The van der Waals surface area contributed by atoms with E-state index in [1.807, 2.05) is 0 Å². The molecule has 0 amide bonds. The van der Waals surface area contributed by atoms with Gasteiger partial charge in [0.1, 0.15) is 0 Å². The van der Waals surface area contributed by atoms with Crippen LogP contribution in [0.15, 0.2) is 48.6 Å². The maximum absolute atomic E-state index is 11.9. The van der Waals surface area contributed by atoms with Crippen molar-refractivity contribution in [2.45, 2.75) is 20.3 Å². The summed E-state index contributed by atoms with van der Waals surface area (Å²) in [6, 6.07) is 9.14. The standard InChI is InChI=1S/C21H18N2O6/c1-14-3-5-16(11-20(14)22(26)27)7-9-18(24)13-19(25)10-8-17-6-4-15(2)21(12-17)23(28)29/h3-12H,13H2,1-2H3/b9-7+,10-8+. The number of nitro benzene ring substituents is 2. The number of allylic oxidation sites excluding steroid dienone is 2. The highest BCUT2D eigenvalue weighted by atomic mass is 16.6. The summed E-state index contributed by atoms with van der Waals surface area (Å²) in [5.41, 5.74) is 1.87. The van der Waals surface area contributed by atoms with Crippen molar-refractivity contribution in [1.29, 1.82) is 0 Å². The van der Waals surface area contributed by atoms with Crippen LogP contribution in [0.2, 0.25) is 0 Å². The zero-order valence-corrected chi connectivity index (χ0v) is 15.8. The summed E-state index contributed by atoms with van der Waals surface area (Å²) in [6.07, 6.45) is 4.83. The lowest BCUT2D eigenvalue weighted by atomic mass is 10.1. The first kappa shape index (κ1) is 21.4. The lowest BCUT2D eigenvalue weighted by Crippen LogP contribution is -2.02. The van der Waals surface area contributed by atoms with E-state index in [0.717, 1.165) is 0 Å². The van der Waals surface area contributed by atoms with Gasteiger partial charge in [-0.2, -0.15) is 0 Å². The molecular weight excluding hydrogens is 376 g/mol. The number of benzene rings is 2. The van der Waals surface area contributed by atoms with Gasteiger partial charge in [0, 0.05) is 23.3 Å². The number of nitrogens with zero attached hydrogens (tertiary/aromatic N) is 2. The predicted octanol–water partition coefficient (Wildman–Crippen LogP) is 4.37. The number of carbonyl (C=O) groups excluding carboxylic acids is 2. The fourth-order valence-corrected chi connectivity index (χ4v) is 2.52. The van der Waals surface area contributed by atoms with Crippen LogP contribution in [-0.2, 0) is 9.59 Å². The molecule has 2 aromatic rings. The Morgan fingerprint density at radius 2 is 1.17 bits per heavy atom. The molecule has 0 bridgehead atoms. The molecule has 0 unspecified atom stereocenters. The monoisotopic (exact) mass is 394 g/mol. The second-order valence-electron chi connectivity index (χ2n) is 6.38. The van der Waals surface area contributed by atoms with E-state index in [1.54, 1.807) is 38.1 Å². The fraction of sp³-hybridized carbons (Fsp3) is 0.143. The molecule has 0 aromatic heterocycles. The van der Waals surface area contributed by atoms with Gasteiger partial charge in [-0.1, -0.05) is 36.4 Å². The molecule has 0 saturated carbocycles. The van der Waals surface area contributed by atoms with Gasteiger partial charge in [-0.25, -0.2) is 0 Å². The molecule has 0 saturated heterocycles. The smallest absolute Gasteiger partial charge is 0.272 e. The summed E-state index contributed by atoms with van der Waals surface area (Å²) in [5, 5.41) is 21.9. The van der Waals surface area contributed by atoms with Crippen LogP contribution in [0.25, 0.3) is 12.2 Å². The number of aryl methyl sites for hydroxylation is 2. The zero-order valence-electron chi connectivity index (χ0n) is 15.8. The van der Waals surface area contributed by atoms with Crippen molar-refractivity contribution in [2.75, 3.05) is 0 Å². The maximum atomic E-state index is 11.9. The molecule has 8 heteroatoms. The minimum atomic E-state index is -0.502. The van der Waals surface area contributed by atoms with Gasteiger partial charge in [0.25, 0.3) is 11.4 Å². The first-order valence-electron chi connectivity index (χ1n) is 8.59. The number of rotatable bonds is 8. The van der Waals surface area contributed by atoms with E-state index in [0.29, 0.717) is 22.3 Å². The zero-order chi connectivity index (χ0) is 21.6. The molecule has 0 radical (unpaired) electrons. The minimum absolute atomic E-state index is 0.0502. The van der Waals surface area contributed by atoms with Crippen molar-refractivity contribution in [2.24, 2.45) is 0 Å². The lowest BCUT2D eigenvalue weighted by molar-refractivity contribution is -0.385. The molecule has 148 valence electrons. The highest BCUT2D eigenvalue weighted by Gasteiger charge is 2.11. The number of ketones is 2. The summed E-state index contributed by atoms with van der Waals surface area (Å²) in [6.45, 7) is 3.23. The molecule has 0 aliphatic rings. The van der Waals surface area contributed by atoms with Crippen LogP contribution >= 0.6 is 0 Å². The first-order valence-corrected chi connectivity index (χ1v) is 8.59. The Balaban J connectivity index is 2.01. The van der Waals surface area contributed by atoms with Gasteiger partial charge in [0.05, 0.1) is 16.3 Å². The molecular formula is C21H18N2O6. The maximum Gasteiger partial charge on any atom is 0.272 e. The van der Waals surface area contributed by atoms with Crippen LogP contribution in [0.3, 0.4) is 0 Å². The van der Waals surface area contributed by atoms with Crippen molar-refractivity contribution in [1.82, 2.24) is 0 Å². The van der Waals surface area contributed by atoms with Gasteiger partial charge in [-0.05, 0) is 37.1 Å². The second-order valence-corrected chi connectivity index (χ2v) is 6.38. The third-order valence-corrected chi connectivity index (χ3v) is 4.13. The first-order chi connectivity index (χ1) is 13.7. The van der Waals surface area contributed by atoms with E-state index in [9.17, 15) is 29.8 Å². The van der Waals surface area contributed by atoms with E-state index in [2.05, 4.69) is 0 Å². The molecule has 2 aromatic carbocycles. The van der Waals surface area contributed by atoms with Crippen LogP contribution in [-0.4, -0.2) is 21.4 Å². The molecule has 0 N–H and O–H groups in total. The largest absolute Gasteiger partial charge is 0.294 e. The Hall–Kier alpha value is -3.94. The number of nitro groups is 2. The van der Waals surface area contributed by atoms with Crippen molar-refractivity contribution in [3.8, 4) is 0 Å². The quantitative estimate of drug-likeness (QED) is 0.284. The van der Waals surface area contributed by atoms with Gasteiger partial charge in [0.15, 0.2) is 11.6 Å². The lowest BCUT2D eigenvalue weighted by Gasteiger charge is -1.99.